The van der Waals surface area contributed by atoms with Gasteiger partial charge in [-0.1, -0.05) is 6.07 Å². The number of rotatable bonds is 2. The molecule has 0 saturated heterocycles. The molecular weight excluding hydrogens is 206 g/mol. The molecule has 1 N–H and O–H groups in total. The molecule has 0 aliphatic rings. The predicted molar refractivity (Wildman–Crippen MR) is 47.3 cm³/mol. The highest BCUT2D eigenvalue weighted by Gasteiger charge is 2.02. The molecule has 1 rings (SSSR count). The van der Waals surface area contributed by atoms with E-state index in [-0.39, 0.29) is 6.10 Å². The Labute approximate surface area is 74.4 Å². The van der Waals surface area contributed by atoms with E-state index in [1.165, 1.54) is 0 Å². The summed E-state index contributed by atoms with van der Waals surface area (Å²) in [5.41, 5.74) is 1.04. The highest BCUT2D eigenvalue weighted by molar-refractivity contribution is 9.10. The second-order valence-electron chi connectivity index (χ2n) is 2.51. The summed E-state index contributed by atoms with van der Waals surface area (Å²) in [5.74, 6) is 0. The number of aliphatic hydroxyl groups excluding tert-OH is 1. The molecule has 11 heavy (non-hydrogen) atoms. The van der Waals surface area contributed by atoms with Gasteiger partial charge in [-0.05, 0) is 34.5 Å². The molecule has 2 nitrogen and oxygen atoms in total. The van der Waals surface area contributed by atoms with Gasteiger partial charge in [-0.3, -0.25) is 0 Å². The predicted octanol–water partition coefficient (Wildman–Crippen LogP) is 1.77. The first-order valence-corrected chi connectivity index (χ1v) is 4.27. The van der Waals surface area contributed by atoms with Crippen molar-refractivity contribution >= 4 is 15.9 Å². The smallest absolute Gasteiger partial charge is 0.109 e. The van der Waals surface area contributed by atoms with Crippen LogP contribution in [0, 0.1) is 0 Å². The zero-order valence-electron chi connectivity index (χ0n) is 6.29. The molecule has 60 valence electrons. The van der Waals surface area contributed by atoms with Crippen molar-refractivity contribution in [3.8, 4) is 0 Å². The van der Waals surface area contributed by atoms with Crippen LogP contribution in [0.2, 0.25) is 0 Å². The summed E-state index contributed by atoms with van der Waals surface area (Å²) in [4.78, 5) is 4.04. The molecule has 1 aromatic heterocycles. The van der Waals surface area contributed by atoms with Gasteiger partial charge < -0.3 is 5.11 Å². The lowest BCUT2D eigenvalue weighted by molar-refractivity contribution is 0.195. The molecule has 1 heterocycles. The maximum atomic E-state index is 9.08. The Morgan fingerprint density at radius 3 is 3.00 bits per heavy atom. The molecule has 0 saturated carbocycles. The van der Waals surface area contributed by atoms with Crippen LogP contribution in [0.1, 0.15) is 12.5 Å². The third kappa shape index (κ3) is 2.60. The van der Waals surface area contributed by atoms with E-state index >= 15 is 0 Å². The van der Waals surface area contributed by atoms with E-state index in [2.05, 4.69) is 20.9 Å². The summed E-state index contributed by atoms with van der Waals surface area (Å²) in [7, 11) is 0. The SMILES string of the molecule is CC(O)Cc1cccnc1Br. The average molecular weight is 216 g/mol. The minimum atomic E-state index is -0.310. The minimum Gasteiger partial charge on any atom is -0.393 e. The summed E-state index contributed by atoms with van der Waals surface area (Å²) in [6, 6.07) is 3.81. The monoisotopic (exact) mass is 215 g/mol. The van der Waals surface area contributed by atoms with Gasteiger partial charge in [-0.25, -0.2) is 4.98 Å². The van der Waals surface area contributed by atoms with E-state index in [0.29, 0.717) is 6.42 Å². The second-order valence-corrected chi connectivity index (χ2v) is 3.26. The molecule has 0 fully saturated rings. The molecular formula is C8H10BrNO. The molecule has 1 unspecified atom stereocenters. The lowest BCUT2D eigenvalue weighted by atomic mass is 10.1. The molecule has 0 amide bonds. The van der Waals surface area contributed by atoms with Crippen LogP contribution in [0.4, 0.5) is 0 Å². The first-order chi connectivity index (χ1) is 5.20. The van der Waals surface area contributed by atoms with Crippen LogP contribution in [0.15, 0.2) is 22.9 Å². The molecule has 1 aromatic rings. The van der Waals surface area contributed by atoms with Crippen molar-refractivity contribution in [2.24, 2.45) is 0 Å². The lowest BCUT2D eigenvalue weighted by Crippen LogP contribution is -2.04. The van der Waals surface area contributed by atoms with Gasteiger partial charge in [0.2, 0.25) is 0 Å². The van der Waals surface area contributed by atoms with Gasteiger partial charge in [0.05, 0.1) is 6.10 Å². The topological polar surface area (TPSA) is 33.1 Å². The maximum Gasteiger partial charge on any atom is 0.109 e. The Kier molecular flexibility index (Phi) is 3.02. The number of nitrogens with zero attached hydrogens (tertiary/aromatic N) is 1. The van der Waals surface area contributed by atoms with Gasteiger partial charge in [-0.15, -0.1) is 0 Å². The van der Waals surface area contributed by atoms with Crippen LogP contribution < -0.4 is 0 Å². The first-order valence-electron chi connectivity index (χ1n) is 3.47. The number of hydrogen-bond donors (Lipinski definition) is 1. The fraction of sp³-hybridized carbons (Fsp3) is 0.375. The number of aromatic nitrogens is 1. The van der Waals surface area contributed by atoms with E-state index in [1.54, 1.807) is 13.1 Å². The van der Waals surface area contributed by atoms with Crippen LogP contribution in [0.5, 0.6) is 0 Å². The van der Waals surface area contributed by atoms with Crippen molar-refractivity contribution in [1.82, 2.24) is 4.98 Å². The molecule has 0 aliphatic carbocycles. The zero-order chi connectivity index (χ0) is 8.27. The van der Waals surface area contributed by atoms with Crippen LogP contribution in [-0.4, -0.2) is 16.2 Å². The van der Waals surface area contributed by atoms with Crippen molar-refractivity contribution in [3.05, 3.63) is 28.5 Å². The summed E-state index contributed by atoms with van der Waals surface area (Å²) in [6.45, 7) is 1.76. The van der Waals surface area contributed by atoms with Gasteiger partial charge in [0.15, 0.2) is 0 Å². The van der Waals surface area contributed by atoms with Crippen molar-refractivity contribution in [3.63, 3.8) is 0 Å². The summed E-state index contributed by atoms with van der Waals surface area (Å²) < 4.78 is 0.820. The largest absolute Gasteiger partial charge is 0.393 e. The molecule has 0 aromatic carbocycles. The lowest BCUT2D eigenvalue weighted by Gasteiger charge is -2.04. The van der Waals surface area contributed by atoms with Crippen molar-refractivity contribution < 1.29 is 5.11 Å². The van der Waals surface area contributed by atoms with Crippen molar-refractivity contribution in [1.29, 1.82) is 0 Å². The average Bonchev–Trinajstić information content (AvgIpc) is 1.93. The van der Waals surface area contributed by atoms with Gasteiger partial charge in [0.1, 0.15) is 4.60 Å². The molecule has 0 spiro atoms. The first kappa shape index (κ1) is 8.68. The normalized spacial score (nSPS) is 13.0. The number of halogens is 1. The molecule has 1 atom stereocenters. The maximum absolute atomic E-state index is 9.08. The van der Waals surface area contributed by atoms with Crippen molar-refractivity contribution in [2.45, 2.75) is 19.4 Å². The highest BCUT2D eigenvalue weighted by Crippen LogP contribution is 2.13. The molecule has 3 heteroatoms. The van der Waals surface area contributed by atoms with E-state index in [0.717, 1.165) is 10.2 Å². The van der Waals surface area contributed by atoms with Crippen molar-refractivity contribution in [2.75, 3.05) is 0 Å². The van der Waals surface area contributed by atoms with Crippen LogP contribution >= 0.6 is 15.9 Å². The standard InChI is InChI=1S/C8H10BrNO/c1-6(11)5-7-3-2-4-10-8(7)9/h2-4,6,11H,5H2,1H3. The third-order valence-corrected chi connectivity index (χ3v) is 2.07. The number of pyridine rings is 1. The van der Waals surface area contributed by atoms with Gasteiger partial charge in [0.25, 0.3) is 0 Å². The Morgan fingerprint density at radius 2 is 2.45 bits per heavy atom. The minimum absolute atomic E-state index is 0.310. The molecule has 0 radical (unpaired) electrons. The quantitative estimate of drug-likeness (QED) is 0.764. The van der Waals surface area contributed by atoms with Gasteiger partial charge in [-0.2, -0.15) is 0 Å². The zero-order valence-corrected chi connectivity index (χ0v) is 7.87. The summed E-state index contributed by atoms with van der Waals surface area (Å²) >= 11 is 3.30. The Hall–Kier alpha value is -0.410. The van der Waals surface area contributed by atoms with E-state index in [4.69, 9.17) is 5.11 Å². The second kappa shape index (κ2) is 3.83. The van der Waals surface area contributed by atoms with Crippen LogP contribution in [0.25, 0.3) is 0 Å². The number of aliphatic hydroxyl groups is 1. The Bertz CT molecular complexity index is 237. The van der Waals surface area contributed by atoms with Gasteiger partial charge in [0, 0.05) is 12.6 Å². The summed E-state index contributed by atoms with van der Waals surface area (Å²) in [5, 5.41) is 9.08. The third-order valence-electron chi connectivity index (χ3n) is 1.35. The molecule has 0 aliphatic heterocycles. The molecule has 0 bridgehead atoms. The Morgan fingerprint density at radius 1 is 1.73 bits per heavy atom. The number of hydrogen-bond acceptors (Lipinski definition) is 2. The van der Waals surface area contributed by atoms with Crippen LogP contribution in [0.3, 0.4) is 0 Å². The Balaban J connectivity index is 2.78. The van der Waals surface area contributed by atoms with Gasteiger partial charge >= 0.3 is 0 Å². The fourth-order valence-corrected chi connectivity index (χ4v) is 1.30. The van der Waals surface area contributed by atoms with E-state index < -0.39 is 0 Å². The highest BCUT2D eigenvalue weighted by atomic mass is 79.9. The van der Waals surface area contributed by atoms with Crippen LogP contribution in [-0.2, 0) is 6.42 Å². The summed E-state index contributed by atoms with van der Waals surface area (Å²) in [6.07, 6.45) is 2.06. The van der Waals surface area contributed by atoms with E-state index in [1.807, 2.05) is 12.1 Å². The fourth-order valence-electron chi connectivity index (χ4n) is 0.890. The van der Waals surface area contributed by atoms with E-state index in [9.17, 15) is 0 Å².